The first-order valence-corrected chi connectivity index (χ1v) is 5.91. The lowest BCUT2D eigenvalue weighted by Gasteiger charge is -2.28. The van der Waals surface area contributed by atoms with Crippen molar-refractivity contribution in [1.29, 1.82) is 0 Å². The monoisotopic (exact) mass is 251 g/mol. The molecule has 94 valence electrons. The van der Waals surface area contributed by atoms with Crippen LogP contribution in [0.4, 0.5) is 0 Å². The van der Waals surface area contributed by atoms with Gasteiger partial charge in [-0.05, 0) is 39.8 Å². The first kappa shape index (κ1) is 16.0. The van der Waals surface area contributed by atoms with Crippen LogP contribution in [0.2, 0.25) is 0 Å². The molecule has 0 amide bonds. The van der Waals surface area contributed by atoms with Crippen molar-refractivity contribution in [2.75, 3.05) is 6.54 Å². The molecule has 0 bridgehead atoms. The van der Waals surface area contributed by atoms with E-state index in [1.807, 2.05) is 30.3 Å². The zero-order valence-corrected chi connectivity index (χ0v) is 11.9. The van der Waals surface area contributed by atoms with Gasteiger partial charge in [-0.2, -0.15) is 0 Å². The van der Waals surface area contributed by atoms with Gasteiger partial charge in [-0.15, -0.1) is 12.4 Å². The highest BCUT2D eigenvalue weighted by Gasteiger charge is 2.10. The average molecular weight is 252 g/mol. The molecule has 0 unspecified atom stereocenters. The number of hydrogen-bond acceptors (Lipinski definition) is 1. The minimum absolute atomic E-state index is 0. The quantitative estimate of drug-likeness (QED) is 0.743. The van der Waals surface area contributed by atoms with Gasteiger partial charge in [0.05, 0.1) is 6.54 Å². The van der Waals surface area contributed by atoms with Gasteiger partial charge in [0.2, 0.25) is 0 Å². The fourth-order valence-electron chi connectivity index (χ4n) is 1.72. The standard InChI is InChI=1S/C15H21N.ClH/c1-13(2)16(14(3)4)12-8-11-15-9-6-5-7-10-15;/h5-7,9-10,13-14H,12H2,1-4H3;1H. The minimum Gasteiger partial charge on any atom is -0.287 e. The summed E-state index contributed by atoms with van der Waals surface area (Å²) in [6.07, 6.45) is 0. The van der Waals surface area contributed by atoms with Crippen molar-refractivity contribution in [2.24, 2.45) is 0 Å². The second-order valence-corrected chi connectivity index (χ2v) is 4.53. The Labute approximate surface area is 112 Å². The molecule has 0 spiro atoms. The minimum atomic E-state index is 0. The Hall–Kier alpha value is -0.970. The summed E-state index contributed by atoms with van der Waals surface area (Å²) in [5.74, 6) is 6.43. The Kier molecular flexibility index (Phi) is 7.70. The molecule has 0 atom stereocenters. The van der Waals surface area contributed by atoms with Crippen molar-refractivity contribution < 1.29 is 0 Å². The van der Waals surface area contributed by atoms with Crippen molar-refractivity contribution in [1.82, 2.24) is 4.90 Å². The van der Waals surface area contributed by atoms with Gasteiger partial charge in [-0.1, -0.05) is 30.0 Å². The molecule has 1 rings (SSSR count). The maximum absolute atomic E-state index is 3.24. The molecule has 17 heavy (non-hydrogen) atoms. The molecular formula is C15H22ClN. The van der Waals surface area contributed by atoms with Crippen LogP contribution in [-0.2, 0) is 0 Å². The molecule has 0 radical (unpaired) electrons. The molecule has 0 aliphatic rings. The maximum atomic E-state index is 3.24. The van der Waals surface area contributed by atoms with Crippen LogP contribution in [0.5, 0.6) is 0 Å². The third kappa shape index (κ3) is 5.77. The zero-order chi connectivity index (χ0) is 12.0. The van der Waals surface area contributed by atoms with Crippen LogP contribution in [0.15, 0.2) is 30.3 Å². The normalized spacial score (nSPS) is 10.1. The molecule has 0 aliphatic carbocycles. The second kappa shape index (κ2) is 8.17. The van der Waals surface area contributed by atoms with Crippen LogP contribution >= 0.6 is 12.4 Å². The topological polar surface area (TPSA) is 3.24 Å². The van der Waals surface area contributed by atoms with E-state index in [9.17, 15) is 0 Å². The van der Waals surface area contributed by atoms with Gasteiger partial charge in [0.15, 0.2) is 0 Å². The molecule has 1 aromatic carbocycles. The smallest absolute Gasteiger partial charge is 0.0609 e. The molecule has 1 aromatic rings. The molecule has 1 nitrogen and oxygen atoms in total. The van der Waals surface area contributed by atoms with E-state index in [-0.39, 0.29) is 12.4 Å². The Morgan fingerprint density at radius 3 is 2.00 bits per heavy atom. The van der Waals surface area contributed by atoms with Gasteiger partial charge in [0, 0.05) is 17.6 Å². The van der Waals surface area contributed by atoms with Crippen LogP contribution in [0.25, 0.3) is 0 Å². The first-order valence-electron chi connectivity index (χ1n) is 5.91. The number of rotatable bonds is 3. The van der Waals surface area contributed by atoms with Crippen LogP contribution in [0, 0.1) is 11.8 Å². The Bertz CT molecular complexity index is 352. The summed E-state index contributed by atoms with van der Waals surface area (Å²) >= 11 is 0. The van der Waals surface area contributed by atoms with Crippen LogP contribution in [0.1, 0.15) is 33.3 Å². The number of benzene rings is 1. The molecule has 0 N–H and O–H groups in total. The van der Waals surface area contributed by atoms with E-state index in [0.29, 0.717) is 12.1 Å². The molecule has 0 fully saturated rings. The highest BCUT2D eigenvalue weighted by Crippen LogP contribution is 2.03. The molecule has 0 saturated heterocycles. The number of hydrogen-bond donors (Lipinski definition) is 0. The van der Waals surface area contributed by atoms with E-state index in [1.54, 1.807) is 0 Å². The Balaban J connectivity index is 0.00000256. The van der Waals surface area contributed by atoms with Crippen LogP contribution in [0.3, 0.4) is 0 Å². The summed E-state index contributed by atoms with van der Waals surface area (Å²) in [7, 11) is 0. The molecule has 0 aliphatic heterocycles. The summed E-state index contributed by atoms with van der Waals surface area (Å²) < 4.78 is 0. The maximum Gasteiger partial charge on any atom is 0.0609 e. The van der Waals surface area contributed by atoms with Crippen molar-refractivity contribution >= 4 is 12.4 Å². The summed E-state index contributed by atoms with van der Waals surface area (Å²) in [5.41, 5.74) is 1.09. The highest BCUT2D eigenvalue weighted by molar-refractivity contribution is 5.85. The van der Waals surface area contributed by atoms with Gasteiger partial charge in [-0.3, -0.25) is 4.90 Å². The van der Waals surface area contributed by atoms with Crippen LogP contribution < -0.4 is 0 Å². The molecule has 0 aromatic heterocycles. The Morgan fingerprint density at radius 1 is 1.00 bits per heavy atom. The highest BCUT2D eigenvalue weighted by atomic mass is 35.5. The van der Waals surface area contributed by atoms with Gasteiger partial charge in [0.1, 0.15) is 0 Å². The molecule has 0 saturated carbocycles. The first-order chi connectivity index (χ1) is 7.61. The van der Waals surface area contributed by atoms with Gasteiger partial charge >= 0.3 is 0 Å². The number of nitrogens with zero attached hydrogens (tertiary/aromatic N) is 1. The van der Waals surface area contributed by atoms with E-state index >= 15 is 0 Å². The fourth-order valence-corrected chi connectivity index (χ4v) is 1.72. The predicted octanol–water partition coefficient (Wildman–Crippen LogP) is 3.58. The summed E-state index contributed by atoms with van der Waals surface area (Å²) in [5, 5.41) is 0. The largest absolute Gasteiger partial charge is 0.287 e. The molecule has 0 heterocycles. The SMILES string of the molecule is CC(C)N(CC#Cc1ccccc1)C(C)C.Cl. The molecular weight excluding hydrogens is 230 g/mol. The van der Waals surface area contributed by atoms with Gasteiger partial charge in [-0.25, -0.2) is 0 Å². The lowest BCUT2D eigenvalue weighted by molar-refractivity contribution is 0.200. The Morgan fingerprint density at radius 2 is 1.53 bits per heavy atom. The van der Waals surface area contributed by atoms with Crippen molar-refractivity contribution in [2.45, 2.75) is 39.8 Å². The fraction of sp³-hybridized carbons (Fsp3) is 0.467. The van der Waals surface area contributed by atoms with E-state index < -0.39 is 0 Å². The zero-order valence-electron chi connectivity index (χ0n) is 11.1. The second-order valence-electron chi connectivity index (χ2n) is 4.53. The summed E-state index contributed by atoms with van der Waals surface area (Å²) in [6, 6.07) is 11.2. The lowest BCUT2D eigenvalue weighted by atomic mass is 10.2. The third-order valence-electron chi connectivity index (χ3n) is 2.59. The van der Waals surface area contributed by atoms with Crippen molar-refractivity contribution in [3.8, 4) is 11.8 Å². The van der Waals surface area contributed by atoms with Gasteiger partial charge in [0.25, 0.3) is 0 Å². The summed E-state index contributed by atoms with van der Waals surface area (Å²) in [4.78, 5) is 2.38. The average Bonchev–Trinajstić information content (AvgIpc) is 2.24. The van der Waals surface area contributed by atoms with E-state index in [4.69, 9.17) is 0 Å². The lowest BCUT2D eigenvalue weighted by Crippen LogP contribution is -2.37. The van der Waals surface area contributed by atoms with E-state index in [1.165, 1.54) is 0 Å². The molecule has 2 heteroatoms. The summed E-state index contributed by atoms with van der Waals surface area (Å²) in [6.45, 7) is 9.69. The number of halogens is 1. The van der Waals surface area contributed by atoms with Crippen molar-refractivity contribution in [3.05, 3.63) is 35.9 Å². The van der Waals surface area contributed by atoms with Crippen LogP contribution in [-0.4, -0.2) is 23.5 Å². The van der Waals surface area contributed by atoms with E-state index in [0.717, 1.165) is 12.1 Å². The third-order valence-corrected chi connectivity index (χ3v) is 2.59. The van der Waals surface area contributed by atoms with Gasteiger partial charge < -0.3 is 0 Å². The predicted molar refractivity (Wildman–Crippen MR) is 77.5 cm³/mol. The van der Waals surface area contributed by atoms with E-state index in [2.05, 4.69) is 44.4 Å². The van der Waals surface area contributed by atoms with Crippen molar-refractivity contribution in [3.63, 3.8) is 0 Å².